The first kappa shape index (κ1) is 56.8. The van der Waals surface area contributed by atoms with E-state index >= 15 is 0 Å². The van der Waals surface area contributed by atoms with Gasteiger partial charge >= 0.3 is 5.97 Å². The van der Waals surface area contributed by atoms with Crippen molar-refractivity contribution in [2.45, 2.75) is 181 Å². The van der Waals surface area contributed by atoms with Gasteiger partial charge < -0.3 is 39.5 Å². The van der Waals surface area contributed by atoms with Gasteiger partial charge in [0.25, 0.3) is 11.7 Å². The second-order valence-corrected chi connectivity index (χ2v) is 19.0. The maximum absolute atomic E-state index is 13.5. The summed E-state index contributed by atoms with van der Waals surface area (Å²) in [7, 11) is 4.22. The van der Waals surface area contributed by atoms with Gasteiger partial charge in [-0.1, -0.05) is 89.5 Å². The third-order valence-corrected chi connectivity index (χ3v) is 13.6. The lowest BCUT2D eigenvalue weighted by Gasteiger charge is -2.42. The molecule has 2 saturated heterocycles. The van der Waals surface area contributed by atoms with Crippen molar-refractivity contribution in [3.05, 3.63) is 47.6 Å². The van der Waals surface area contributed by atoms with Crippen LogP contribution >= 0.6 is 0 Å². The number of ketones is 3. The Morgan fingerprint density at radius 2 is 1.61 bits per heavy atom. The highest BCUT2D eigenvalue weighted by Crippen LogP contribution is 2.36. The minimum Gasteiger partial charge on any atom is -0.480 e. The van der Waals surface area contributed by atoms with Crippen LogP contribution in [0.15, 0.2) is 47.6 Å². The van der Waals surface area contributed by atoms with Crippen LogP contribution < -0.4 is 0 Å². The Morgan fingerprint density at radius 3 is 2.27 bits per heavy atom. The predicted octanol–water partition coefficient (Wildman–Crippen LogP) is 7.74. The topological polar surface area (TPSA) is 197 Å². The standard InChI is InChI=1S/C50H79NO11.CH4O/c1-32(21-24-40-25-23-38(7)50(59,62-40)47(55)48(56)51-27-14-13-20-42(51)49(57)58)16-11-10-12-17-33(2)28-36(5)44(53)46(61-9)45(54)37(6)30-35(4)43(52)26-22-34(3)29-39-18-15-19-41(31-39)60-8;1-2/h10-12,16-17,30,33-36,38-42,45-46,54,59H,13-15,18-29,31H2,1-9H3,(H,57,58);2H,1H3/b11-10+,17-12+,32-16+,37-30+;/t33-,34+,35-,36-,38-,39+,40-,41+,42+,45-,46+,50-;/m1./s1. The minimum absolute atomic E-state index is 0.0682. The molecule has 3 aliphatic rings. The molecule has 0 unspecified atom stereocenters. The molecule has 0 aromatic rings. The molecule has 1 aliphatic carbocycles. The zero-order chi connectivity index (χ0) is 48.1. The number of allylic oxidation sites excluding steroid dienone is 7. The number of aliphatic carboxylic acids is 1. The van der Waals surface area contributed by atoms with Gasteiger partial charge in [-0.3, -0.25) is 19.2 Å². The van der Waals surface area contributed by atoms with Gasteiger partial charge in [-0.05, 0) is 114 Å². The lowest BCUT2D eigenvalue weighted by Crippen LogP contribution is -2.60. The number of amides is 1. The molecular formula is C51H83NO12. The quantitative estimate of drug-likeness (QED) is 0.0418. The number of likely N-dealkylation sites (tertiary alicyclic amines) is 1. The maximum Gasteiger partial charge on any atom is 0.326 e. The molecule has 0 radical (unpaired) electrons. The van der Waals surface area contributed by atoms with E-state index in [0.717, 1.165) is 43.3 Å². The molecule has 12 atom stereocenters. The summed E-state index contributed by atoms with van der Waals surface area (Å²) in [5.74, 6) is -5.82. The highest BCUT2D eigenvalue weighted by atomic mass is 16.6. The van der Waals surface area contributed by atoms with Crippen molar-refractivity contribution in [3.63, 3.8) is 0 Å². The Morgan fingerprint density at radius 1 is 0.906 bits per heavy atom. The summed E-state index contributed by atoms with van der Waals surface area (Å²) in [6, 6.07) is -1.09. The molecule has 1 amide bonds. The summed E-state index contributed by atoms with van der Waals surface area (Å²) >= 11 is 0. The molecule has 2 heterocycles. The average Bonchev–Trinajstić information content (AvgIpc) is 3.28. The monoisotopic (exact) mass is 902 g/mol. The first-order valence-electron chi connectivity index (χ1n) is 23.7. The molecular weight excluding hydrogens is 819 g/mol. The van der Waals surface area contributed by atoms with Crippen LogP contribution in [0.2, 0.25) is 0 Å². The van der Waals surface area contributed by atoms with Gasteiger partial charge in [0.1, 0.15) is 24.0 Å². The molecule has 0 aromatic heterocycles. The van der Waals surface area contributed by atoms with E-state index in [1.54, 1.807) is 27.0 Å². The Balaban J connectivity index is 0.00000694. The van der Waals surface area contributed by atoms with Crippen molar-refractivity contribution in [2.75, 3.05) is 27.9 Å². The van der Waals surface area contributed by atoms with E-state index in [-0.39, 0.29) is 42.3 Å². The van der Waals surface area contributed by atoms with Crippen molar-refractivity contribution < 1.29 is 58.6 Å². The fraction of sp³-hybridized carbons (Fsp3) is 0.745. The number of carboxylic acids is 1. The number of carbonyl (C=O) groups excluding carboxylic acids is 4. The summed E-state index contributed by atoms with van der Waals surface area (Å²) in [6.07, 6.45) is 20.7. The molecule has 364 valence electrons. The predicted molar refractivity (Wildman–Crippen MR) is 248 cm³/mol. The largest absolute Gasteiger partial charge is 0.480 e. The Kier molecular flexibility index (Phi) is 25.4. The summed E-state index contributed by atoms with van der Waals surface area (Å²) < 4.78 is 17.0. The Labute approximate surface area is 383 Å². The highest BCUT2D eigenvalue weighted by Gasteiger charge is 2.52. The maximum atomic E-state index is 13.5. The summed E-state index contributed by atoms with van der Waals surface area (Å²) in [5, 5.41) is 39.1. The second kappa shape index (κ2) is 28.7. The summed E-state index contributed by atoms with van der Waals surface area (Å²) in [6.45, 7) is 13.5. The molecule has 0 aromatic carbocycles. The summed E-state index contributed by atoms with van der Waals surface area (Å²) in [4.78, 5) is 65.8. The number of ether oxygens (including phenoxy) is 3. The van der Waals surface area contributed by atoms with Crippen LogP contribution in [0.25, 0.3) is 0 Å². The number of carboxylic acid groups (broad SMARTS) is 1. The van der Waals surface area contributed by atoms with Crippen LogP contribution in [0.3, 0.4) is 0 Å². The van der Waals surface area contributed by atoms with Crippen LogP contribution in [0, 0.1) is 35.5 Å². The van der Waals surface area contributed by atoms with Crippen molar-refractivity contribution in [3.8, 4) is 0 Å². The number of hydrogen-bond acceptors (Lipinski definition) is 11. The summed E-state index contributed by atoms with van der Waals surface area (Å²) in [5.41, 5.74) is 1.61. The zero-order valence-electron chi connectivity index (χ0n) is 40.6. The number of rotatable bonds is 24. The molecule has 13 heteroatoms. The third-order valence-electron chi connectivity index (χ3n) is 13.6. The third kappa shape index (κ3) is 17.5. The number of aliphatic hydroxyl groups excluding tert-OH is 2. The molecule has 13 nitrogen and oxygen atoms in total. The molecule has 1 saturated carbocycles. The van der Waals surface area contributed by atoms with Gasteiger partial charge in [0, 0.05) is 52.0 Å². The lowest BCUT2D eigenvalue weighted by molar-refractivity contribution is -0.263. The SMILES string of the molecule is CO.CO[C@H]1CCC[C@@H](C[C@@H](C)CCC(=O)[C@H](C)/C=C(\C)[C@@H](O)[C@@H](OC)C(=O)[C@H](C)C[C@H](C)/C=C/C=C/C=C(\C)CC[C@@H]2CC[C@@H](C)[C@](O)(C(=O)C(=O)N3CCCC[C@H]3C(=O)O)O2)C1. The van der Waals surface area contributed by atoms with E-state index in [0.29, 0.717) is 74.9 Å². The molecule has 0 bridgehead atoms. The second-order valence-electron chi connectivity index (χ2n) is 19.0. The Bertz CT molecular complexity index is 1620. The smallest absolute Gasteiger partial charge is 0.326 e. The fourth-order valence-corrected chi connectivity index (χ4v) is 9.50. The highest BCUT2D eigenvalue weighted by molar-refractivity contribution is 6.39. The van der Waals surface area contributed by atoms with E-state index in [9.17, 15) is 39.3 Å². The van der Waals surface area contributed by atoms with Crippen molar-refractivity contribution in [1.29, 1.82) is 0 Å². The number of Topliss-reactive ketones (excluding diaryl/α,β-unsaturated/α-hetero) is 3. The van der Waals surface area contributed by atoms with Gasteiger partial charge in [-0.25, -0.2) is 4.79 Å². The number of methoxy groups -OCH3 is 2. The molecule has 2 aliphatic heterocycles. The van der Waals surface area contributed by atoms with E-state index in [2.05, 4.69) is 6.92 Å². The number of nitrogens with zero attached hydrogens (tertiary/aromatic N) is 1. The van der Waals surface area contributed by atoms with E-state index in [1.165, 1.54) is 20.0 Å². The van der Waals surface area contributed by atoms with E-state index in [4.69, 9.17) is 19.3 Å². The normalized spacial score (nSPS) is 27.5. The van der Waals surface area contributed by atoms with Crippen molar-refractivity contribution >= 4 is 29.2 Å². The first-order chi connectivity index (χ1) is 30.3. The van der Waals surface area contributed by atoms with E-state index < -0.39 is 53.7 Å². The minimum atomic E-state index is -2.30. The zero-order valence-corrected chi connectivity index (χ0v) is 40.6. The van der Waals surface area contributed by atoms with Crippen molar-refractivity contribution in [1.82, 2.24) is 4.90 Å². The van der Waals surface area contributed by atoms with Gasteiger partial charge in [0.05, 0.1) is 12.2 Å². The molecule has 0 spiro atoms. The van der Waals surface area contributed by atoms with Crippen LogP contribution in [0.5, 0.6) is 0 Å². The van der Waals surface area contributed by atoms with Crippen molar-refractivity contribution in [2.24, 2.45) is 35.5 Å². The van der Waals surface area contributed by atoms with Gasteiger partial charge in [-0.15, -0.1) is 0 Å². The number of piperidine rings is 1. The lowest BCUT2D eigenvalue weighted by atomic mass is 9.80. The van der Waals surface area contributed by atoms with Crippen LogP contribution in [0.1, 0.15) is 145 Å². The average molecular weight is 902 g/mol. The number of carbonyl (C=O) groups is 5. The molecule has 3 rings (SSSR count). The molecule has 64 heavy (non-hydrogen) atoms. The molecule has 4 N–H and O–H groups in total. The Hall–Kier alpha value is -3.33. The van der Waals surface area contributed by atoms with Gasteiger partial charge in [0.2, 0.25) is 5.79 Å². The van der Waals surface area contributed by atoms with E-state index in [1.807, 2.05) is 58.1 Å². The van der Waals surface area contributed by atoms with Gasteiger partial charge in [0.15, 0.2) is 5.78 Å². The fourth-order valence-electron chi connectivity index (χ4n) is 9.50. The van der Waals surface area contributed by atoms with Crippen LogP contribution in [-0.4, -0.2) is 119 Å². The first-order valence-corrected chi connectivity index (χ1v) is 23.7. The molecule has 3 fully saturated rings. The van der Waals surface area contributed by atoms with Crippen LogP contribution in [-0.2, 0) is 38.2 Å². The van der Waals surface area contributed by atoms with Gasteiger partial charge in [-0.2, -0.15) is 0 Å². The number of hydrogen-bond donors (Lipinski definition) is 4. The van der Waals surface area contributed by atoms with Crippen LogP contribution in [0.4, 0.5) is 0 Å². The number of aliphatic hydroxyl groups is 3.